The number of rotatable bonds is 5. The van der Waals surface area contributed by atoms with Gasteiger partial charge in [-0.15, -0.1) is 29.8 Å². The minimum atomic E-state index is -0.156. The van der Waals surface area contributed by atoms with Gasteiger partial charge in [0.05, 0.1) is 0 Å². The van der Waals surface area contributed by atoms with Crippen molar-refractivity contribution in [3.63, 3.8) is 0 Å². The molecule has 2 heterocycles. The molecule has 0 aliphatic carbocycles. The number of benzene rings is 3. The van der Waals surface area contributed by atoms with Crippen molar-refractivity contribution >= 4 is 11.5 Å². The third-order valence-corrected chi connectivity index (χ3v) is 8.76. The summed E-state index contributed by atoms with van der Waals surface area (Å²) in [6, 6.07) is 26.1. The number of aliphatic hydroxyl groups is 1. The van der Waals surface area contributed by atoms with Crippen LogP contribution >= 0.6 is 0 Å². The van der Waals surface area contributed by atoms with Gasteiger partial charge in [-0.1, -0.05) is 88.6 Å². The molecule has 1 radical (unpaired) electrons. The van der Waals surface area contributed by atoms with Crippen LogP contribution in [0.3, 0.4) is 0 Å². The monoisotopic (exact) mass is 844 g/mol. The Morgan fingerprint density at radius 3 is 1.52 bits per heavy atom. The van der Waals surface area contributed by atoms with E-state index in [1.54, 1.807) is 0 Å². The van der Waals surface area contributed by atoms with Crippen molar-refractivity contribution in [3.8, 4) is 22.5 Å². The average Bonchev–Trinajstić information content (AvgIpc) is 3.00. The Bertz CT molecular complexity index is 1890. The molecule has 263 valence electrons. The number of hydrogen-bond donors (Lipinski definition) is 1. The summed E-state index contributed by atoms with van der Waals surface area (Å²) in [4.78, 5) is 21.7. The molecule has 3 aromatic carbocycles. The number of hydrogen-bond acceptors (Lipinski definition) is 4. The fraction of sp³-hybridized carbons (Fsp3) is 0.311. The Labute approximate surface area is 313 Å². The van der Waals surface area contributed by atoms with Crippen molar-refractivity contribution in [2.75, 3.05) is 0 Å². The maximum Gasteiger partial charge on any atom is 0.190 e. The first kappa shape index (κ1) is 40.3. The van der Waals surface area contributed by atoms with Crippen LogP contribution in [0.2, 0.25) is 0 Å². The molecule has 4 nitrogen and oxygen atoms in total. The molecule has 1 N–H and O–H groups in total. The second kappa shape index (κ2) is 16.2. The fourth-order valence-electron chi connectivity index (χ4n) is 6.26. The Hall–Kier alpha value is -4.18. The summed E-state index contributed by atoms with van der Waals surface area (Å²) in [5.74, 6) is -0.124. The van der Waals surface area contributed by atoms with E-state index >= 15 is 0 Å². The molecule has 5 aromatic rings. The van der Waals surface area contributed by atoms with E-state index in [1.165, 1.54) is 17.2 Å². The molecule has 0 fully saturated rings. The van der Waals surface area contributed by atoms with E-state index in [4.69, 9.17) is 0 Å². The molecule has 0 saturated heterocycles. The number of ketones is 1. The van der Waals surface area contributed by atoms with Crippen molar-refractivity contribution < 1.29 is 30.0 Å². The minimum absolute atomic E-state index is 0. The Kier molecular flexibility index (Phi) is 13.1. The summed E-state index contributed by atoms with van der Waals surface area (Å²) in [6.45, 7) is 25.1. The Morgan fingerprint density at radius 2 is 1.08 bits per heavy atom. The largest absolute Gasteiger partial charge is 0.507 e. The van der Waals surface area contributed by atoms with Gasteiger partial charge >= 0.3 is 0 Å². The number of aliphatic hydroxyl groups excluding tert-OH is 1. The predicted molar refractivity (Wildman–Crippen MR) is 205 cm³/mol. The molecule has 0 aliphatic heterocycles. The molecule has 0 amide bonds. The number of carbonyl (C=O) groups is 1. The SMILES string of the molecule is CC(C)(C)c1ccnc(-c2[c-]cc(-c3cc(C(C)(C)C)ccn3)cc2)c1.Cc1cc(C)c(C(=O)/C=C(\O)c2c(C)cc(C)cc2C)c(C)c1.[Ir]. The molecular formula is C45H51IrN2O2-. The smallest absolute Gasteiger partial charge is 0.190 e. The van der Waals surface area contributed by atoms with Gasteiger partial charge in [0.25, 0.3) is 0 Å². The molecule has 0 aliphatic rings. The summed E-state index contributed by atoms with van der Waals surface area (Å²) >= 11 is 0. The van der Waals surface area contributed by atoms with E-state index in [9.17, 15) is 9.90 Å². The summed E-state index contributed by atoms with van der Waals surface area (Å²) < 4.78 is 0. The van der Waals surface area contributed by atoms with Gasteiger partial charge in [-0.05, 0) is 110 Å². The number of aromatic nitrogens is 2. The Balaban J connectivity index is 0.000000267. The maximum atomic E-state index is 12.6. The number of allylic oxidation sites excluding steroid dienone is 1. The fourth-order valence-corrected chi connectivity index (χ4v) is 6.26. The molecule has 2 aromatic heterocycles. The van der Waals surface area contributed by atoms with Gasteiger partial charge in [0, 0.05) is 55.4 Å². The normalized spacial score (nSPS) is 11.7. The molecule has 0 unspecified atom stereocenters. The summed E-state index contributed by atoms with van der Waals surface area (Å²) in [5, 5.41) is 10.5. The molecule has 50 heavy (non-hydrogen) atoms. The number of pyridine rings is 2. The summed E-state index contributed by atoms with van der Waals surface area (Å²) in [5.41, 5.74) is 14.3. The van der Waals surface area contributed by atoms with Crippen LogP contribution in [-0.4, -0.2) is 20.9 Å². The van der Waals surface area contributed by atoms with Crippen LogP contribution in [0.25, 0.3) is 28.3 Å². The predicted octanol–water partition coefficient (Wildman–Crippen LogP) is 11.5. The first-order valence-electron chi connectivity index (χ1n) is 16.9. The molecular weight excluding hydrogens is 793 g/mol. The van der Waals surface area contributed by atoms with Crippen molar-refractivity contribution in [2.45, 2.75) is 93.9 Å². The van der Waals surface area contributed by atoms with Crippen molar-refractivity contribution in [3.05, 3.63) is 147 Å². The van der Waals surface area contributed by atoms with Crippen LogP contribution in [0.5, 0.6) is 0 Å². The molecule has 0 bridgehead atoms. The van der Waals surface area contributed by atoms with Gasteiger partial charge < -0.3 is 10.1 Å². The van der Waals surface area contributed by atoms with Gasteiger partial charge in [-0.25, -0.2) is 0 Å². The summed E-state index contributed by atoms with van der Waals surface area (Å²) in [6.07, 6.45) is 5.11. The second-order valence-corrected chi connectivity index (χ2v) is 15.3. The third kappa shape index (κ3) is 9.96. The zero-order valence-corrected chi connectivity index (χ0v) is 34.1. The molecule has 5 heteroatoms. The summed E-state index contributed by atoms with van der Waals surface area (Å²) in [7, 11) is 0. The number of aryl methyl sites for hydroxylation is 6. The topological polar surface area (TPSA) is 63.1 Å². The van der Waals surface area contributed by atoms with E-state index in [2.05, 4.69) is 94.0 Å². The standard InChI is InChI=1S/C24H27N2.C21H24O2.Ir/c1-23(2,3)19-11-13-25-21(15-19)17-7-9-18(10-8-17)22-16-20(12-14-26-22)24(4,5)6;1-12-7-14(3)20(15(4)8-12)18(22)11-19(23)21-16(5)9-13(2)10-17(21)6;/h7-9,11-16H,1-6H3;7-11,22H,1-6H3;/q-1;;/b;18-11-;. The first-order chi connectivity index (χ1) is 22.8. The van der Waals surface area contributed by atoms with Gasteiger partial charge in [-0.3, -0.25) is 9.78 Å². The zero-order chi connectivity index (χ0) is 36.3. The molecule has 0 saturated carbocycles. The second-order valence-electron chi connectivity index (χ2n) is 15.3. The van der Waals surface area contributed by atoms with Crippen LogP contribution in [0.4, 0.5) is 0 Å². The van der Waals surface area contributed by atoms with Crippen LogP contribution in [0.15, 0.2) is 85.2 Å². The van der Waals surface area contributed by atoms with Crippen LogP contribution in [0, 0.1) is 47.6 Å². The van der Waals surface area contributed by atoms with Crippen LogP contribution in [-0.2, 0) is 30.9 Å². The molecule has 5 rings (SSSR count). The quantitative estimate of drug-likeness (QED) is 0.0828. The van der Waals surface area contributed by atoms with E-state index in [-0.39, 0.29) is 42.5 Å². The Morgan fingerprint density at radius 1 is 0.640 bits per heavy atom. The van der Waals surface area contributed by atoms with E-state index in [1.807, 2.05) is 84.3 Å². The van der Waals surface area contributed by atoms with Crippen molar-refractivity contribution in [1.82, 2.24) is 9.97 Å². The van der Waals surface area contributed by atoms with Gasteiger partial charge in [0.2, 0.25) is 0 Å². The van der Waals surface area contributed by atoms with Gasteiger partial charge in [0.15, 0.2) is 5.78 Å². The number of carbonyl (C=O) groups excluding carboxylic acids is 1. The maximum absolute atomic E-state index is 12.6. The average molecular weight is 844 g/mol. The van der Waals surface area contributed by atoms with E-state index < -0.39 is 0 Å². The third-order valence-electron chi connectivity index (χ3n) is 8.76. The van der Waals surface area contributed by atoms with Crippen LogP contribution < -0.4 is 0 Å². The van der Waals surface area contributed by atoms with Gasteiger partial charge in [0.1, 0.15) is 5.76 Å². The zero-order valence-electron chi connectivity index (χ0n) is 31.7. The van der Waals surface area contributed by atoms with E-state index in [0.29, 0.717) is 5.56 Å². The number of nitrogens with zero attached hydrogens (tertiary/aromatic N) is 2. The van der Waals surface area contributed by atoms with Crippen molar-refractivity contribution in [2.24, 2.45) is 0 Å². The van der Waals surface area contributed by atoms with Gasteiger partial charge in [-0.2, -0.15) is 0 Å². The van der Waals surface area contributed by atoms with Crippen molar-refractivity contribution in [1.29, 1.82) is 0 Å². The minimum Gasteiger partial charge on any atom is -0.507 e. The van der Waals surface area contributed by atoms with Crippen LogP contribution in [0.1, 0.15) is 102 Å². The first-order valence-corrected chi connectivity index (χ1v) is 16.9. The van der Waals surface area contributed by atoms with E-state index in [0.717, 1.165) is 61.5 Å². The molecule has 0 atom stereocenters. The molecule has 0 spiro atoms.